The van der Waals surface area contributed by atoms with Crippen molar-refractivity contribution in [2.75, 3.05) is 31.6 Å². The summed E-state index contributed by atoms with van der Waals surface area (Å²) in [5, 5.41) is 6.71. The largest absolute Gasteiger partial charge is 0.376 e. The van der Waals surface area contributed by atoms with Crippen LogP contribution in [0.2, 0.25) is 5.02 Å². The molecular weight excluding hydrogens is 426 g/mol. The van der Waals surface area contributed by atoms with Crippen molar-refractivity contribution < 1.29 is 14.3 Å². The molecule has 0 unspecified atom stereocenters. The first-order chi connectivity index (χ1) is 15.6. The molecule has 4 rings (SSSR count). The Labute approximate surface area is 194 Å². The lowest BCUT2D eigenvalue weighted by molar-refractivity contribution is -0.121. The maximum atomic E-state index is 12.9. The number of piperidine rings is 1. The number of ether oxygens (including phenoxy) is 1. The average Bonchev–Trinajstić information content (AvgIpc) is 3.33. The Morgan fingerprint density at radius 1 is 1.03 bits per heavy atom. The molecule has 1 atom stereocenters. The number of rotatable bonds is 7. The second-order valence-corrected chi connectivity index (χ2v) is 8.93. The van der Waals surface area contributed by atoms with Gasteiger partial charge in [0.05, 0.1) is 17.4 Å². The van der Waals surface area contributed by atoms with E-state index in [0.717, 1.165) is 62.5 Å². The fourth-order valence-corrected chi connectivity index (χ4v) is 4.55. The highest BCUT2D eigenvalue weighted by atomic mass is 35.5. The van der Waals surface area contributed by atoms with Crippen molar-refractivity contribution in [3.05, 3.63) is 64.7 Å². The minimum atomic E-state index is -0.189. The molecule has 2 aromatic carbocycles. The number of hydrogen-bond acceptors (Lipinski definition) is 4. The molecule has 2 saturated heterocycles. The topological polar surface area (TPSA) is 70.7 Å². The summed E-state index contributed by atoms with van der Waals surface area (Å²) in [5.74, 6) is -0.284. The maximum Gasteiger partial charge on any atom is 0.253 e. The molecule has 7 heteroatoms. The first-order valence-electron chi connectivity index (χ1n) is 11.4. The molecule has 170 valence electrons. The van der Waals surface area contributed by atoms with Gasteiger partial charge in [0.15, 0.2) is 0 Å². The summed E-state index contributed by atoms with van der Waals surface area (Å²) in [6, 6.07) is 15.0. The number of hydrogen-bond donors (Lipinski definition) is 2. The van der Waals surface area contributed by atoms with Gasteiger partial charge in [0.25, 0.3) is 5.91 Å². The second kappa shape index (κ2) is 10.9. The van der Waals surface area contributed by atoms with Crippen LogP contribution < -0.4 is 10.6 Å². The molecule has 0 aliphatic carbocycles. The van der Waals surface area contributed by atoms with Gasteiger partial charge in [0, 0.05) is 30.6 Å². The van der Waals surface area contributed by atoms with E-state index in [9.17, 15) is 9.59 Å². The number of amides is 2. The van der Waals surface area contributed by atoms with Crippen LogP contribution >= 0.6 is 11.6 Å². The molecule has 0 saturated carbocycles. The van der Waals surface area contributed by atoms with Crippen LogP contribution in [-0.2, 0) is 16.1 Å². The Balaban J connectivity index is 1.29. The Hall–Kier alpha value is -2.41. The summed E-state index contributed by atoms with van der Waals surface area (Å²) in [7, 11) is 0. The lowest BCUT2D eigenvalue weighted by Crippen LogP contribution is -2.38. The predicted octanol–water partition coefficient (Wildman–Crippen LogP) is 4.10. The van der Waals surface area contributed by atoms with Crippen LogP contribution in [0.25, 0.3) is 0 Å². The van der Waals surface area contributed by atoms with Gasteiger partial charge in [-0.2, -0.15) is 0 Å². The van der Waals surface area contributed by atoms with E-state index < -0.39 is 0 Å². The molecule has 2 amide bonds. The van der Waals surface area contributed by atoms with Crippen molar-refractivity contribution >= 4 is 29.1 Å². The molecule has 2 aliphatic rings. The van der Waals surface area contributed by atoms with E-state index in [1.165, 1.54) is 0 Å². The second-order valence-electron chi connectivity index (χ2n) is 8.52. The quantitative estimate of drug-likeness (QED) is 0.659. The Kier molecular flexibility index (Phi) is 7.79. The number of halogens is 1. The van der Waals surface area contributed by atoms with Crippen molar-refractivity contribution in [3.63, 3.8) is 0 Å². The molecular formula is C25H30ClN3O3. The van der Waals surface area contributed by atoms with Gasteiger partial charge < -0.3 is 15.4 Å². The fraction of sp³-hybridized carbons (Fsp3) is 0.440. The number of para-hydroxylation sites is 1. The number of carbonyl (C=O) groups is 2. The highest BCUT2D eigenvalue weighted by Crippen LogP contribution is 2.24. The van der Waals surface area contributed by atoms with Gasteiger partial charge in [-0.15, -0.1) is 0 Å². The van der Waals surface area contributed by atoms with Crippen LogP contribution in [0.1, 0.15) is 41.6 Å². The van der Waals surface area contributed by atoms with Crippen LogP contribution in [0, 0.1) is 5.92 Å². The van der Waals surface area contributed by atoms with E-state index in [0.29, 0.717) is 17.8 Å². The van der Waals surface area contributed by atoms with Crippen LogP contribution in [-0.4, -0.2) is 49.1 Å². The molecule has 2 heterocycles. The van der Waals surface area contributed by atoms with Crippen LogP contribution in [0.15, 0.2) is 48.5 Å². The van der Waals surface area contributed by atoms with Crippen LogP contribution in [0.4, 0.5) is 5.69 Å². The molecule has 0 aromatic heterocycles. The third kappa shape index (κ3) is 5.88. The third-order valence-electron chi connectivity index (χ3n) is 6.25. The molecule has 0 radical (unpaired) electrons. The third-order valence-corrected chi connectivity index (χ3v) is 6.62. The van der Waals surface area contributed by atoms with Gasteiger partial charge >= 0.3 is 0 Å². The van der Waals surface area contributed by atoms with Crippen molar-refractivity contribution in [1.82, 2.24) is 10.2 Å². The summed E-state index contributed by atoms with van der Waals surface area (Å²) >= 11 is 6.28. The number of nitrogens with zero attached hydrogens (tertiary/aromatic N) is 1. The molecule has 32 heavy (non-hydrogen) atoms. The lowest BCUT2D eigenvalue weighted by Gasteiger charge is -2.31. The fourth-order valence-electron chi connectivity index (χ4n) is 4.35. The highest BCUT2D eigenvalue weighted by molar-refractivity contribution is 6.31. The summed E-state index contributed by atoms with van der Waals surface area (Å²) in [5.41, 5.74) is 2.15. The van der Waals surface area contributed by atoms with Gasteiger partial charge in [0.2, 0.25) is 5.91 Å². The first-order valence-corrected chi connectivity index (χ1v) is 11.7. The van der Waals surface area contributed by atoms with Crippen LogP contribution in [0.3, 0.4) is 0 Å². The lowest BCUT2D eigenvalue weighted by atomic mass is 9.95. The summed E-state index contributed by atoms with van der Waals surface area (Å²) in [6.07, 6.45) is 3.64. The zero-order valence-corrected chi connectivity index (χ0v) is 18.9. The Bertz CT molecular complexity index is 938. The average molecular weight is 456 g/mol. The van der Waals surface area contributed by atoms with E-state index in [4.69, 9.17) is 16.3 Å². The van der Waals surface area contributed by atoms with Crippen molar-refractivity contribution in [2.45, 2.75) is 38.3 Å². The number of nitrogens with one attached hydrogen (secondary N) is 2. The summed E-state index contributed by atoms with van der Waals surface area (Å²) < 4.78 is 5.57. The van der Waals surface area contributed by atoms with E-state index in [-0.39, 0.29) is 23.8 Å². The zero-order chi connectivity index (χ0) is 22.3. The SMILES string of the molecule is O=C(NC[C@H]1CCCO1)c1ccccc1NC(=O)C1CCN(Cc2ccccc2Cl)CC1. The number of carbonyl (C=O) groups excluding carboxylic acids is 2. The number of anilines is 1. The van der Waals surface area contributed by atoms with Crippen molar-refractivity contribution in [1.29, 1.82) is 0 Å². The zero-order valence-electron chi connectivity index (χ0n) is 18.2. The van der Waals surface area contributed by atoms with Crippen molar-refractivity contribution in [2.24, 2.45) is 5.92 Å². The highest BCUT2D eigenvalue weighted by Gasteiger charge is 2.26. The Morgan fingerprint density at radius 2 is 1.78 bits per heavy atom. The monoisotopic (exact) mass is 455 g/mol. The van der Waals surface area contributed by atoms with Gasteiger partial charge in [-0.3, -0.25) is 14.5 Å². The minimum Gasteiger partial charge on any atom is -0.376 e. The normalized spacial score (nSPS) is 19.6. The Morgan fingerprint density at radius 3 is 2.53 bits per heavy atom. The van der Waals surface area contributed by atoms with E-state index >= 15 is 0 Å². The van der Waals surface area contributed by atoms with Gasteiger partial charge in [-0.25, -0.2) is 0 Å². The minimum absolute atomic E-state index is 0.0261. The summed E-state index contributed by atoms with van der Waals surface area (Å²) in [4.78, 5) is 27.9. The molecule has 0 bridgehead atoms. The van der Waals surface area contributed by atoms with E-state index in [2.05, 4.69) is 15.5 Å². The van der Waals surface area contributed by atoms with E-state index in [1.54, 1.807) is 12.1 Å². The smallest absolute Gasteiger partial charge is 0.253 e. The van der Waals surface area contributed by atoms with Gasteiger partial charge in [-0.1, -0.05) is 41.9 Å². The molecule has 2 aliphatic heterocycles. The summed E-state index contributed by atoms with van der Waals surface area (Å²) in [6.45, 7) is 3.72. The molecule has 0 spiro atoms. The van der Waals surface area contributed by atoms with E-state index in [1.807, 2.05) is 36.4 Å². The molecule has 2 aromatic rings. The number of benzene rings is 2. The van der Waals surface area contributed by atoms with Crippen LogP contribution in [0.5, 0.6) is 0 Å². The van der Waals surface area contributed by atoms with Gasteiger partial charge in [-0.05, 0) is 62.5 Å². The van der Waals surface area contributed by atoms with Crippen molar-refractivity contribution in [3.8, 4) is 0 Å². The standard InChI is InChI=1S/C25H30ClN3O3/c26-22-9-3-1-6-19(22)17-29-13-11-18(12-14-29)24(30)28-23-10-4-2-8-21(23)25(31)27-16-20-7-5-15-32-20/h1-4,6,8-10,18,20H,5,7,11-17H2,(H,27,31)(H,28,30)/t20-/m1/s1. The molecule has 6 nitrogen and oxygen atoms in total. The number of likely N-dealkylation sites (tertiary alicyclic amines) is 1. The molecule has 2 N–H and O–H groups in total. The van der Waals surface area contributed by atoms with Gasteiger partial charge in [0.1, 0.15) is 0 Å². The molecule has 2 fully saturated rings. The first kappa shape index (κ1) is 22.8. The maximum absolute atomic E-state index is 12.9. The predicted molar refractivity (Wildman–Crippen MR) is 126 cm³/mol.